The summed E-state index contributed by atoms with van der Waals surface area (Å²) < 4.78 is 0. The van der Waals surface area contributed by atoms with Gasteiger partial charge >= 0.3 is 0 Å². The van der Waals surface area contributed by atoms with Gasteiger partial charge in [0, 0.05) is 13.1 Å². The second-order valence-electron chi connectivity index (χ2n) is 5.29. The van der Waals surface area contributed by atoms with Crippen molar-refractivity contribution < 1.29 is 14.4 Å². The Morgan fingerprint density at radius 1 is 1.19 bits per heavy atom. The Hall–Kier alpha value is -2.21. The van der Waals surface area contributed by atoms with Crippen molar-refractivity contribution >= 4 is 17.7 Å². The Morgan fingerprint density at radius 3 is 2.14 bits per heavy atom. The van der Waals surface area contributed by atoms with Crippen LogP contribution >= 0.6 is 0 Å². The first-order valence-corrected chi connectivity index (χ1v) is 6.93. The molecule has 6 heteroatoms. The average Bonchev–Trinajstić information content (AvgIpc) is 2.71. The summed E-state index contributed by atoms with van der Waals surface area (Å²) in [5.41, 5.74) is 6.06. The number of amides is 3. The number of benzene rings is 1. The SMILES string of the molecule is CC(C)C(C(=O)NCCN)N1C(=O)c2ccccc2C1=O. The van der Waals surface area contributed by atoms with Gasteiger partial charge in [0.2, 0.25) is 5.91 Å². The van der Waals surface area contributed by atoms with Crippen LogP contribution in [0.2, 0.25) is 0 Å². The summed E-state index contributed by atoms with van der Waals surface area (Å²) >= 11 is 0. The van der Waals surface area contributed by atoms with E-state index < -0.39 is 17.9 Å². The average molecular weight is 289 g/mol. The summed E-state index contributed by atoms with van der Waals surface area (Å²) in [4.78, 5) is 38.2. The number of carbonyl (C=O) groups excluding carboxylic acids is 3. The Balaban J connectivity index is 2.33. The Bertz CT molecular complexity index is 548. The van der Waals surface area contributed by atoms with Crippen molar-refractivity contribution in [3.05, 3.63) is 35.4 Å². The summed E-state index contributed by atoms with van der Waals surface area (Å²) in [6.45, 7) is 4.22. The molecule has 1 aromatic carbocycles. The monoisotopic (exact) mass is 289 g/mol. The lowest BCUT2D eigenvalue weighted by molar-refractivity contribution is -0.126. The molecule has 1 atom stereocenters. The largest absolute Gasteiger partial charge is 0.353 e. The van der Waals surface area contributed by atoms with Gasteiger partial charge in [0.15, 0.2) is 0 Å². The number of nitrogens with zero attached hydrogens (tertiary/aromatic N) is 1. The van der Waals surface area contributed by atoms with E-state index in [1.807, 2.05) is 0 Å². The highest BCUT2D eigenvalue weighted by atomic mass is 16.2. The molecule has 0 aromatic heterocycles. The lowest BCUT2D eigenvalue weighted by Crippen LogP contribution is -2.52. The van der Waals surface area contributed by atoms with Crippen LogP contribution in [0.15, 0.2) is 24.3 Å². The molecule has 1 aliphatic rings. The highest BCUT2D eigenvalue weighted by molar-refractivity contribution is 6.22. The van der Waals surface area contributed by atoms with Gasteiger partial charge in [0.25, 0.3) is 11.8 Å². The van der Waals surface area contributed by atoms with Gasteiger partial charge in [-0.05, 0) is 18.1 Å². The van der Waals surface area contributed by atoms with E-state index in [9.17, 15) is 14.4 Å². The molecule has 0 saturated heterocycles. The number of nitrogens with two attached hydrogens (primary N) is 1. The summed E-state index contributed by atoms with van der Waals surface area (Å²) in [7, 11) is 0. The molecule has 0 saturated carbocycles. The Kier molecular flexibility index (Phi) is 4.37. The van der Waals surface area contributed by atoms with E-state index >= 15 is 0 Å². The van der Waals surface area contributed by atoms with Crippen LogP contribution < -0.4 is 11.1 Å². The summed E-state index contributed by atoms with van der Waals surface area (Å²) in [5.74, 6) is -1.38. The number of imide groups is 1. The molecule has 21 heavy (non-hydrogen) atoms. The van der Waals surface area contributed by atoms with Crippen molar-refractivity contribution in [1.29, 1.82) is 0 Å². The van der Waals surface area contributed by atoms with Crippen molar-refractivity contribution in [2.75, 3.05) is 13.1 Å². The lowest BCUT2D eigenvalue weighted by atomic mass is 10.0. The van der Waals surface area contributed by atoms with E-state index in [1.165, 1.54) is 0 Å². The molecule has 0 radical (unpaired) electrons. The predicted molar refractivity (Wildman–Crippen MR) is 77.6 cm³/mol. The van der Waals surface area contributed by atoms with Gasteiger partial charge in [-0.15, -0.1) is 0 Å². The highest BCUT2D eigenvalue weighted by Gasteiger charge is 2.43. The lowest BCUT2D eigenvalue weighted by Gasteiger charge is -2.28. The van der Waals surface area contributed by atoms with Gasteiger partial charge in [-0.25, -0.2) is 0 Å². The molecule has 1 heterocycles. The van der Waals surface area contributed by atoms with Gasteiger partial charge in [-0.1, -0.05) is 26.0 Å². The summed E-state index contributed by atoms with van der Waals surface area (Å²) in [5, 5.41) is 2.65. The first kappa shape index (κ1) is 15.2. The van der Waals surface area contributed by atoms with Gasteiger partial charge in [0.05, 0.1) is 11.1 Å². The molecule has 3 amide bonds. The van der Waals surface area contributed by atoms with Gasteiger partial charge in [-0.3, -0.25) is 19.3 Å². The number of carbonyl (C=O) groups is 3. The Morgan fingerprint density at radius 2 is 1.71 bits per heavy atom. The molecule has 0 spiro atoms. The van der Waals surface area contributed by atoms with Crippen LogP contribution in [0.3, 0.4) is 0 Å². The molecule has 1 aromatic rings. The molecule has 2 rings (SSSR count). The van der Waals surface area contributed by atoms with Gasteiger partial charge < -0.3 is 11.1 Å². The van der Waals surface area contributed by atoms with E-state index in [0.717, 1.165) is 4.90 Å². The first-order valence-electron chi connectivity index (χ1n) is 6.93. The fraction of sp³-hybridized carbons (Fsp3) is 0.400. The first-order chi connectivity index (χ1) is 9.99. The van der Waals surface area contributed by atoms with Crippen LogP contribution in [0.5, 0.6) is 0 Å². The minimum absolute atomic E-state index is 0.190. The predicted octanol–water partition coefficient (Wildman–Crippen LogP) is 0.382. The maximum Gasteiger partial charge on any atom is 0.262 e. The van der Waals surface area contributed by atoms with E-state index in [1.54, 1.807) is 38.1 Å². The Labute approximate surface area is 123 Å². The number of rotatable bonds is 5. The number of fused-ring (bicyclic) bond motifs is 1. The standard InChI is InChI=1S/C15H19N3O3/c1-9(2)12(13(19)17-8-7-16)18-14(20)10-5-3-4-6-11(10)15(18)21/h3-6,9,12H,7-8,16H2,1-2H3,(H,17,19). The van der Waals surface area contributed by atoms with Crippen molar-refractivity contribution in [2.45, 2.75) is 19.9 Å². The van der Waals surface area contributed by atoms with E-state index in [2.05, 4.69) is 5.32 Å². The van der Waals surface area contributed by atoms with Crippen molar-refractivity contribution in [3.8, 4) is 0 Å². The van der Waals surface area contributed by atoms with Crippen molar-refractivity contribution in [2.24, 2.45) is 11.7 Å². The number of hydrogen-bond donors (Lipinski definition) is 2. The molecule has 1 unspecified atom stereocenters. The molecule has 1 aliphatic heterocycles. The third-order valence-corrected chi connectivity index (χ3v) is 3.45. The minimum Gasteiger partial charge on any atom is -0.353 e. The zero-order valence-electron chi connectivity index (χ0n) is 12.1. The topological polar surface area (TPSA) is 92.5 Å². The molecule has 3 N–H and O–H groups in total. The quantitative estimate of drug-likeness (QED) is 0.767. The summed E-state index contributed by atoms with van der Waals surface area (Å²) in [6, 6.07) is 5.78. The molecule has 112 valence electrons. The van der Waals surface area contributed by atoms with Crippen molar-refractivity contribution in [1.82, 2.24) is 10.2 Å². The summed E-state index contributed by atoms with van der Waals surface area (Å²) in [6.07, 6.45) is 0. The van der Waals surface area contributed by atoms with Gasteiger partial charge in [0.1, 0.15) is 6.04 Å². The van der Waals surface area contributed by atoms with Gasteiger partial charge in [-0.2, -0.15) is 0 Å². The van der Waals surface area contributed by atoms with Crippen LogP contribution in [0, 0.1) is 5.92 Å². The van der Waals surface area contributed by atoms with Crippen LogP contribution in [0.1, 0.15) is 34.6 Å². The van der Waals surface area contributed by atoms with Crippen LogP contribution in [-0.4, -0.2) is 41.8 Å². The molecule has 0 fully saturated rings. The molecule has 0 bridgehead atoms. The zero-order chi connectivity index (χ0) is 15.6. The van der Waals surface area contributed by atoms with E-state index in [0.29, 0.717) is 24.2 Å². The third kappa shape index (κ3) is 2.67. The second kappa shape index (κ2) is 6.05. The fourth-order valence-electron chi connectivity index (χ4n) is 2.48. The van der Waals surface area contributed by atoms with E-state index in [4.69, 9.17) is 5.73 Å². The smallest absolute Gasteiger partial charge is 0.262 e. The normalized spacial score (nSPS) is 15.3. The second-order valence-corrected chi connectivity index (χ2v) is 5.29. The van der Waals surface area contributed by atoms with Crippen LogP contribution in [0.4, 0.5) is 0 Å². The molecular formula is C15H19N3O3. The van der Waals surface area contributed by atoms with E-state index in [-0.39, 0.29) is 11.8 Å². The van der Waals surface area contributed by atoms with Crippen molar-refractivity contribution in [3.63, 3.8) is 0 Å². The zero-order valence-corrected chi connectivity index (χ0v) is 12.1. The molecule has 6 nitrogen and oxygen atoms in total. The highest BCUT2D eigenvalue weighted by Crippen LogP contribution is 2.27. The third-order valence-electron chi connectivity index (χ3n) is 3.45. The van der Waals surface area contributed by atoms with Crippen LogP contribution in [-0.2, 0) is 4.79 Å². The fourth-order valence-corrected chi connectivity index (χ4v) is 2.48. The maximum absolute atomic E-state index is 12.4. The number of nitrogens with one attached hydrogen (secondary N) is 1. The maximum atomic E-state index is 12.4. The molecule has 0 aliphatic carbocycles. The number of hydrogen-bond acceptors (Lipinski definition) is 4. The molecular weight excluding hydrogens is 270 g/mol. The minimum atomic E-state index is -0.830. The van der Waals surface area contributed by atoms with Crippen LogP contribution in [0.25, 0.3) is 0 Å².